The molecule has 72 valence electrons. The van der Waals surface area contributed by atoms with Crippen molar-refractivity contribution in [3.8, 4) is 12.3 Å². The van der Waals surface area contributed by atoms with Crippen LogP contribution in [0, 0.1) is 29.1 Å². The van der Waals surface area contributed by atoms with E-state index in [1.807, 2.05) is 0 Å². The quantitative estimate of drug-likeness (QED) is 0.638. The maximum absolute atomic E-state index is 11.6. The van der Waals surface area contributed by atoms with Crippen LogP contribution < -0.4 is 5.32 Å². The van der Waals surface area contributed by atoms with E-state index in [0.717, 1.165) is 0 Å². The van der Waals surface area contributed by atoms with E-state index in [1.54, 1.807) is 0 Å². The third-order valence-corrected chi connectivity index (χ3v) is 3.65. The number of carbonyl (C=O) groups excluding carboxylic acids is 1. The van der Waals surface area contributed by atoms with Crippen molar-refractivity contribution in [3.63, 3.8) is 0 Å². The van der Waals surface area contributed by atoms with Crippen LogP contribution >= 0.6 is 0 Å². The second-order valence-corrected chi connectivity index (χ2v) is 4.80. The summed E-state index contributed by atoms with van der Waals surface area (Å²) in [6, 6.07) is 0. The Balaban J connectivity index is 2.59. The lowest BCUT2D eigenvalue weighted by molar-refractivity contribution is -0.123. The van der Waals surface area contributed by atoms with Gasteiger partial charge in [0.15, 0.2) is 0 Å². The van der Waals surface area contributed by atoms with Gasteiger partial charge in [0, 0.05) is 5.92 Å². The summed E-state index contributed by atoms with van der Waals surface area (Å²) in [5.41, 5.74) is 0.206. The summed E-state index contributed by atoms with van der Waals surface area (Å²) in [6.07, 6.45) is 5.07. The third-order valence-electron chi connectivity index (χ3n) is 3.65. The first kappa shape index (κ1) is 10.1. The van der Waals surface area contributed by atoms with Crippen molar-refractivity contribution in [3.05, 3.63) is 0 Å². The van der Waals surface area contributed by atoms with Crippen molar-refractivity contribution < 1.29 is 4.79 Å². The standard InChI is InChI=1S/C11H17NO/c1-6-7-12-9(13)8-10(2,3)11(8,4)5/h1,8H,7H2,2-5H3,(H,12,13). The molecule has 1 N–H and O–H groups in total. The summed E-state index contributed by atoms with van der Waals surface area (Å²) in [4.78, 5) is 11.6. The van der Waals surface area contributed by atoms with Gasteiger partial charge in [0.25, 0.3) is 0 Å². The molecule has 0 radical (unpaired) electrons. The van der Waals surface area contributed by atoms with Gasteiger partial charge in [-0.25, -0.2) is 0 Å². The molecule has 0 atom stereocenters. The molecule has 2 heteroatoms. The Morgan fingerprint density at radius 1 is 1.38 bits per heavy atom. The average molecular weight is 179 g/mol. The van der Waals surface area contributed by atoms with E-state index in [-0.39, 0.29) is 22.7 Å². The molecule has 0 heterocycles. The Morgan fingerprint density at radius 2 is 1.85 bits per heavy atom. The van der Waals surface area contributed by atoms with Crippen molar-refractivity contribution in [1.82, 2.24) is 5.32 Å². The van der Waals surface area contributed by atoms with Gasteiger partial charge in [0.1, 0.15) is 0 Å². The van der Waals surface area contributed by atoms with Crippen LogP contribution in [0.3, 0.4) is 0 Å². The number of terminal acetylenes is 1. The highest BCUT2D eigenvalue weighted by Gasteiger charge is 2.68. The zero-order valence-corrected chi connectivity index (χ0v) is 8.77. The van der Waals surface area contributed by atoms with E-state index < -0.39 is 0 Å². The lowest BCUT2D eigenvalue weighted by Crippen LogP contribution is -2.27. The number of rotatable bonds is 2. The van der Waals surface area contributed by atoms with E-state index in [9.17, 15) is 4.79 Å². The summed E-state index contributed by atoms with van der Waals surface area (Å²) in [7, 11) is 0. The van der Waals surface area contributed by atoms with Crippen LogP contribution in [0.15, 0.2) is 0 Å². The molecule has 1 aliphatic rings. The van der Waals surface area contributed by atoms with Gasteiger partial charge in [0.05, 0.1) is 6.54 Å². The summed E-state index contributed by atoms with van der Waals surface area (Å²) in [5.74, 6) is 2.60. The molecule has 0 saturated heterocycles. The maximum atomic E-state index is 11.6. The second kappa shape index (κ2) is 2.77. The molecule has 0 unspecified atom stereocenters. The van der Waals surface area contributed by atoms with E-state index >= 15 is 0 Å². The van der Waals surface area contributed by atoms with Crippen LogP contribution in [-0.4, -0.2) is 12.5 Å². The molecule has 2 nitrogen and oxygen atoms in total. The lowest BCUT2D eigenvalue weighted by atomic mass is 10.0. The van der Waals surface area contributed by atoms with Crippen molar-refractivity contribution in [2.75, 3.05) is 6.54 Å². The molecule has 0 bridgehead atoms. The largest absolute Gasteiger partial charge is 0.345 e. The molecule has 0 spiro atoms. The first-order valence-corrected chi connectivity index (χ1v) is 4.57. The number of hydrogen-bond acceptors (Lipinski definition) is 1. The summed E-state index contributed by atoms with van der Waals surface area (Å²) < 4.78 is 0. The zero-order valence-electron chi connectivity index (χ0n) is 8.77. The minimum absolute atomic E-state index is 0.0907. The van der Waals surface area contributed by atoms with Crippen molar-refractivity contribution in [1.29, 1.82) is 0 Å². The highest BCUT2D eigenvalue weighted by atomic mass is 16.2. The molecule has 13 heavy (non-hydrogen) atoms. The monoisotopic (exact) mass is 179 g/mol. The normalized spacial score (nSPS) is 23.3. The summed E-state index contributed by atoms with van der Waals surface area (Å²) >= 11 is 0. The number of amides is 1. The van der Waals surface area contributed by atoms with Crippen LogP contribution in [-0.2, 0) is 4.79 Å². The topological polar surface area (TPSA) is 29.1 Å². The van der Waals surface area contributed by atoms with Gasteiger partial charge in [-0.3, -0.25) is 4.79 Å². The van der Waals surface area contributed by atoms with Gasteiger partial charge in [-0.2, -0.15) is 0 Å². The van der Waals surface area contributed by atoms with Crippen LogP contribution in [0.5, 0.6) is 0 Å². The van der Waals surface area contributed by atoms with Crippen molar-refractivity contribution in [2.24, 2.45) is 16.7 Å². The van der Waals surface area contributed by atoms with Crippen molar-refractivity contribution in [2.45, 2.75) is 27.7 Å². The van der Waals surface area contributed by atoms with Gasteiger partial charge in [-0.15, -0.1) is 6.42 Å². The molecule has 1 fully saturated rings. The van der Waals surface area contributed by atoms with Gasteiger partial charge in [0.2, 0.25) is 5.91 Å². The van der Waals surface area contributed by atoms with E-state index in [1.165, 1.54) is 0 Å². The van der Waals surface area contributed by atoms with Gasteiger partial charge in [-0.05, 0) is 10.8 Å². The molecule has 1 aliphatic carbocycles. The Labute approximate surface area is 80.1 Å². The highest BCUT2D eigenvalue weighted by Crippen LogP contribution is 2.68. The fourth-order valence-electron chi connectivity index (χ4n) is 2.09. The third kappa shape index (κ3) is 1.33. The summed E-state index contributed by atoms with van der Waals surface area (Å²) in [5, 5.41) is 2.73. The minimum atomic E-state index is 0.0907. The fraction of sp³-hybridized carbons (Fsp3) is 0.727. The van der Waals surface area contributed by atoms with Crippen LogP contribution in [0.25, 0.3) is 0 Å². The second-order valence-electron chi connectivity index (χ2n) is 4.80. The molecule has 0 aliphatic heterocycles. The van der Waals surface area contributed by atoms with Crippen LogP contribution in [0.4, 0.5) is 0 Å². The number of nitrogens with one attached hydrogen (secondary N) is 1. The Hall–Kier alpha value is -0.970. The lowest BCUT2D eigenvalue weighted by Gasteiger charge is -2.03. The van der Waals surface area contributed by atoms with Gasteiger partial charge < -0.3 is 5.32 Å². The predicted molar refractivity (Wildman–Crippen MR) is 52.9 cm³/mol. The molecular weight excluding hydrogens is 162 g/mol. The maximum Gasteiger partial charge on any atom is 0.224 e. The van der Waals surface area contributed by atoms with Crippen molar-refractivity contribution >= 4 is 5.91 Å². The molecule has 0 aromatic heterocycles. The van der Waals surface area contributed by atoms with E-state index in [2.05, 4.69) is 38.9 Å². The zero-order chi connectivity index (χ0) is 10.3. The Morgan fingerprint density at radius 3 is 2.15 bits per heavy atom. The number of hydrogen-bond donors (Lipinski definition) is 1. The van der Waals surface area contributed by atoms with Gasteiger partial charge in [-0.1, -0.05) is 33.6 Å². The molecular formula is C11H17NO. The molecule has 0 aromatic carbocycles. The molecule has 0 aromatic rings. The Kier molecular flexibility index (Phi) is 2.15. The summed E-state index contributed by atoms with van der Waals surface area (Å²) in [6.45, 7) is 8.81. The van der Waals surface area contributed by atoms with E-state index in [0.29, 0.717) is 6.54 Å². The van der Waals surface area contributed by atoms with E-state index in [4.69, 9.17) is 6.42 Å². The van der Waals surface area contributed by atoms with Crippen LogP contribution in [0.1, 0.15) is 27.7 Å². The fourth-order valence-corrected chi connectivity index (χ4v) is 2.09. The van der Waals surface area contributed by atoms with Gasteiger partial charge >= 0.3 is 0 Å². The Bertz CT molecular complexity index is 256. The predicted octanol–water partition coefficient (Wildman–Crippen LogP) is 1.42. The minimum Gasteiger partial charge on any atom is -0.345 e. The van der Waals surface area contributed by atoms with Crippen LogP contribution in [0.2, 0.25) is 0 Å². The number of carbonyl (C=O) groups is 1. The smallest absolute Gasteiger partial charge is 0.224 e. The first-order chi connectivity index (χ1) is 5.85. The highest BCUT2D eigenvalue weighted by molar-refractivity contribution is 5.84. The molecule has 1 rings (SSSR count). The average Bonchev–Trinajstić information content (AvgIpc) is 2.39. The SMILES string of the molecule is C#CCNC(=O)C1C(C)(C)C1(C)C. The first-order valence-electron chi connectivity index (χ1n) is 4.57. The molecule has 1 amide bonds. The molecule has 1 saturated carbocycles.